The van der Waals surface area contributed by atoms with Gasteiger partial charge in [0.05, 0.1) is 11.5 Å². The highest BCUT2D eigenvalue weighted by Gasteiger charge is 2.11. The molecule has 0 atom stereocenters. The number of ketones is 1. The van der Waals surface area contributed by atoms with Gasteiger partial charge in [-0.1, -0.05) is 0 Å². The molecule has 0 aliphatic heterocycles. The number of nitrogens with one attached hydrogen (secondary N) is 1. The molecule has 0 spiro atoms. The molecular weight excluding hydrogens is 234 g/mol. The molecule has 0 aliphatic carbocycles. The quantitative estimate of drug-likeness (QED) is 0.443. The Balaban J connectivity index is 2.58. The van der Waals surface area contributed by atoms with Gasteiger partial charge in [-0.25, -0.2) is 0 Å². The van der Waals surface area contributed by atoms with E-state index in [2.05, 4.69) is 5.32 Å². The Morgan fingerprint density at radius 1 is 1.39 bits per heavy atom. The average Bonchev–Trinajstić information content (AvgIpc) is 2.36. The molecular formula is C12H17N3O3. The number of hydrogen-bond acceptors (Lipinski definition) is 5. The Kier molecular flexibility index (Phi) is 5.41. The first-order chi connectivity index (χ1) is 8.54. The molecule has 0 fully saturated rings. The maximum Gasteiger partial charge on any atom is 0.269 e. The fourth-order valence-electron chi connectivity index (χ4n) is 1.49. The lowest BCUT2D eigenvalue weighted by atomic mass is 10.1. The lowest BCUT2D eigenvalue weighted by Gasteiger charge is -2.15. The van der Waals surface area contributed by atoms with Crippen LogP contribution in [0.5, 0.6) is 0 Å². The standard InChI is InChI=1S/C12H17N3O3/c1-13-7-8-14(2)9-12(16)10-3-5-11(6-4-10)15(17)18/h3-6,13H,7-9H2,1-2H3. The first-order valence-electron chi connectivity index (χ1n) is 5.65. The normalized spacial score (nSPS) is 10.6. The smallest absolute Gasteiger partial charge is 0.269 e. The van der Waals surface area contributed by atoms with E-state index in [9.17, 15) is 14.9 Å². The molecule has 1 aromatic rings. The number of non-ortho nitro benzene ring substituents is 1. The number of hydrogen-bond donors (Lipinski definition) is 1. The summed E-state index contributed by atoms with van der Waals surface area (Å²) in [7, 11) is 3.71. The van der Waals surface area contributed by atoms with Gasteiger partial charge in [-0.05, 0) is 26.2 Å². The number of carbonyl (C=O) groups is 1. The van der Waals surface area contributed by atoms with Crippen LogP contribution < -0.4 is 5.32 Å². The van der Waals surface area contributed by atoms with Crippen LogP contribution in [-0.2, 0) is 0 Å². The molecule has 6 heteroatoms. The third-order valence-electron chi connectivity index (χ3n) is 2.56. The number of nitrogens with zero attached hydrogens (tertiary/aromatic N) is 2. The van der Waals surface area contributed by atoms with Gasteiger partial charge < -0.3 is 5.32 Å². The Morgan fingerprint density at radius 2 is 2.00 bits per heavy atom. The second-order valence-corrected chi connectivity index (χ2v) is 4.07. The zero-order chi connectivity index (χ0) is 13.5. The summed E-state index contributed by atoms with van der Waals surface area (Å²) in [6, 6.07) is 5.68. The summed E-state index contributed by atoms with van der Waals surface area (Å²) in [6.45, 7) is 1.89. The molecule has 0 unspecified atom stereocenters. The summed E-state index contributed by atoms with van der Waals surface area (Å²) < 4.78 is 0. The van der Waals surface area contributed by atoms with Crippen molar-refractivity contribution in [1.29, 1.82) is 0 Å². The maximum absolute atomic E-state index is 11.9. The molecule has 0 saturated heterocycles. The predicted molar refractivity (Wildman–Crippen MR) is 68.9 cm³/mol. The van der Waals surface area contributed by atoms with Crippen molar-refractivity contribution in [1.82, 2.24) is 10.2 Å². The highest BCUT2D eigenvalue weighted by atomic mass is 16.6. The third kappa shape index (κ3) is 4.23. The number of nitro benzene ring substituents is 1. The van der Waals surface area contributed by atoms with E-state index >= 15 is 0 Å². The van der Waals surface area contributed by atoms with Crippen molar-refractivity contribution >= 4 is 11.5 Å². The van der Waals surface area contributed by atoms with Crippen molar-refractivity contribution in [2.24, 2.45) is 0 Å². The maximum atomic E-state index is 11.9. The number of rotatable bonds is 7. The SMILES string of the molecule is CNCCN(C)CC(=O)c1ccc([N+](=O)[O-])cc1. The third-order valence-corrected chi connectivity index (χ3v) is 2.56. The van der Waals surface area contributed by atoms with Gasteiger partial charge in [0.1, 0.15) is 0 Å². The van der Waals surface area contributed by atoms with Crippen LogP contribution in [0.2, 0.25) is 0 Å². The van der Waals surface area contributed by atoms with E-state index in [1.54, 1.807) is 0 Å². The first kappa shape index (κ1) is 14.3. The minimum atomic E-state index is -0.479. The van der Waals surface area contributed by atoms with Gasteiger partial charge in [0, 0.05) is 30.8 Å². The highest BCUT2D eigenvalue weighted by Crippen LogP contribution is 2.12. The van der Waals surface area contributed by atoms with Crippen molar-refractivity contribution in [2.75, 3.05) is 33.7 Å². The molecule has 1 N–H and O–H groups in total. The summed E-state index contributed by atoms with van der Waals surface area (Å²) in [4.78, 5) is 23.8. The summed E-state index contributed by atoms with van der Waals surface area (Å²) in [5, 5.41) is 13.5. The van der Waals surface area contributed by atoms with Gasteiger partial charge in [-0.2, -0.15) is 0 Å². The van der Waals surface area contributed by atoms with Crippen LogP contribution in [0.4, 0.5) is 5.69 Å². The van der Waals surface area contributed by atoms with Crippen molar-refractivity contribution in [3.05, 3.63) is 39.9 Å². The molecule has 98 valence electrons. The molecule has 6 nitrogen and oxygen atoms in total. The van der Waals surface area contributed by atoms with Crippen molar-refractivity contribution in [3.63, 3.8) is 0 Å². The van der Waals surface area contributed by atoms with Gasteiger partial charge in [0.15, 0.2) is 5.78 Å². The van der Waals surface area contributed by atoms with Crippen LogP contribution >= 0.6 is 0 Å². The van der Waals surface area contributed by atoms with E-state index in [1.165, 1.54) is 24.3 Å². The fraction of sp³-hybridized carbons (Fsp3) is 0.417. The zero-order valence-corrected chi connectivity index (χ0v) is 10.5. The van der Waals surface area contributed by atoms with Crippen LogP contribution in [0.1, 0.15) is 10.4 Å². The Bertz CT molecular complexity index is 417. The summed E-state index contributed by atoms with van der Waals surface area (Å²) in [5.41, 5.74) is 0.493. The van der Waals surface area contributed by atoms with Gasteiger partial charge in [-0.15, -0.1) is 0 Å². The zero-order valence-electron chi connectivity index (χ0n) is 10.5. The Labute approximate surface area is 106 Å². The molecule has 0 radical (unpaired) electrons. The van der Waals surface area contributed by atoms with Crippen LogP contribution in [0, 0.1) is 10.1 Å². The van der Waals surface area contributed by atoms with Gasteiger partial charge in [0.2, 0.25) is 0 Å². The molecule has 1 aromatic carbocycles. The van der Waals surface area contributed by atoms with Crippen molar-refractivity contribution < 1.29 is 9.72 Å². The van der Waals surface area contributed by atoms with Gasteiger partial charge >= 0.3 is 0 Å². The molecule has 0 bridgehead atoms. The van der Waals surface area contributed by atoms with E-state index in [1.807, 2.05) is 19.0 Å². The van der Waals surface area contributed by atoms with E-state index in [0.717, 1.165) is 13.1 Å². The lowest BCUT2D eigenvalue weighted by Crippen LogP contribution is -2.31. The van der Waals surface area contributed by atoms with Crippen molar-refractivity contribution in [2.45, 2.75) is 0 Å². The molecule has 0 amide bonds. The monoisotopic (exact) mass is 251 g/mol. The Morgan fingerprint density at radius 3 is 2.50 bits per heavy atom. The molecule has 0 aliphatic rings. The number of benzene rings is 1. The first-order valence-corrected chi connectivity index (χ1v) is 5.65. The van der Waals surface area contributed by atoms with E-state index in [0.29, 0.717) is 12.1 Å². The van der Waals surface area contributed by atoms with Crippen LogP contribution in [0.25, 0.3) is 0 Å². The number of nitro groups is 1. The second kappa shape index (κ2) is 6.83. The second-order valence-electron chi connectivity index (χ2n) is 4.07. The number of Topliss-reactive ketones (excluding diaryl/α,β-unsaturated/α-hetero) is 1. The van der Waals surface area contributed by atoms with Crippen LogP contribution in [0.15, 0.2) is 24.3 Å². The highest BCUT2D eigenvalue weighted by molar-refractivity contribution is 5.97. The summed E-state index contributed by atoms with van der Waals surface area (Å²) >= 11 is 0. The van der Waals surface area contributed by atoms with E-state index in [-0.39, 0.29) is 11.5 Å². The molecule has 0 heterocycles. The summed E-state index contributed by atoms with van der Waals surface area (Å²) in [5.74, 6) is -0.0384. The fourth-order valence-corrected chi connectivity index (χ4v) is 1.49. The average molecular weight is 251 g/mol. The summed E-state index contributed by atoms with van der Waals surface area (Å²) in [6.07, 6.45) is 0. The Hall–Kier alpha value is -1.79. The van der Waals surface area contributed by atoms with Crippen LogP contribution in [0.3, 0.4) is 0 Å². The van der Waals surface area contributed by atoms with Crippen molar-refractivity contribution in [3.8, 4) is 0 Å². The van der Waals surface area contributed by atoms with Gasteiger partial charge in [-0.3, -0.25) is 19.8 Å². The molecule has 0 aromatic heterocycles. The largest absolute Gasteiger partial charge is 0.318 e. The van der Waals surface area contributed by atoms with E-state index in [4.69, 9.17) is 0 Å². The number of carbonyl (C=O) groups excluding carboxylic acids is 1. The topological polar surface area (TPSA) is 75.5 Å². The molecule has 18 heavy (non-hydrogen) atoms. The predicted octanol–water partition coefficient (Wildman–Crippen LogP) is 0.929. The molecule has 0 saturated carbocycles. The van der Waals surface area contributed by atoms with Crippen LogP contribution in [-0.4, -0.2) is 49.3 Å². The molecule has 1 rings (SSSR count). The minimum absolute atomic E-state index is 0.00455. The number of likely N-dealkylation sites (N-methyl/N-ethyl adjacent to an activating group) is 2. The van der Waals surface area contributed by atoms with E-state index < -0.39 is 4.92 Å². The van der Waals surface area contributed by atoms with Gasteiger partial charge in [0.25, 0.3) is 5.69 Å². The minimum Gasteiger partial charge on any atom is -0.318 e. The lowest BCUT2D eigenvalue weighted by molar-refractivity contribution is -0.384.